The lowest BCUT2D eigenvalue weighted by atomic mass is 10.2. The molecule has 136 valence electrons. The molecule has 0 bridgehead atoms. The summed E-state index contributed by atoms with van der Waals surface area (Å²) in [6, 6.07) is 9.54. The van der Waals surface area contributed by atoms with E-state index in [0.29, 0.717) is 13.2 Å². The quantitative estimate of drug-likeness (QED) is 0.725. The van der Waals surface area contributed by atoms with Gasteiger partial charge < -0.3 is 19.2 Å². The highest BCUT2D eigenvalue weighted by molar-refractivity contribution is 6.74. The van der Waals surface area contributed by atoms with Gasteiger partial charge in [-0.2, -0.15) is 0 Å². The number of hydrogen-bond donors (Lipinski definition) is 1. The third-order valence-electron chi connectivity index (χ3n) is 4.46. The van der Waals surface area contributed by atoms with Crippen LogP contribution in [0.2, 0.25) is 18.1 Å². The van der Waals surface area contributed by atoms with E-state index in [1.807, 2.05) is 30.3 Å². The molecule has 0 heterocycles. The molecule has 0 unspecified atom stereocenters. The van der Waals surface area contributed by atoms with E-state index in [4.69, 9.17) is 9.16 Å². The monoisotopic (exact) mass is 353 g/mol. The lowest BCUT2D eigenvalue weighted by Gasteiger charge is -2.36. The van der Waals surface area contributed by atoms with E-state index >= 15 is 0 Å². The maximum Gasteiger partial charge on any atom is 0.410 e. The Balaban J connectivity index is 2.49. The normalized spacial score (nSPS) is 12.1. The molecule has 6 heteroatoms. The van der Waals surface area contributed by atoms with Gasteiger partial charge in [0.2, 0.25) is 0 Å². The molecule has 0 aromatic heterocycles. The molecule has 0 saturated heterocycles. The number of aliphatic hydroxyl groups excluding tert-OH is 1. The fraction of sp³-hybridized carbons (Fsp3) is 0.611. The summed E-state index contributed by atoms with van der Waals surface area (Å²) in [6.07, 6.45) is -0.424. The van der Waals surface area contributed by atoms with Crippen molar-refractivity contribution in [1.29, 1.82) is 0 Å². The molecule has 5 nitrogen and oxygen atoms in total. The minimum Gasteiger partial charge on any atom is -0.445 e. The summed E-state index contributed by atoms with van der Waals surface area (Å²) in [5.74, 6) is 0. The van der Waals surface area contributed by atoms with Crippen molar-refractivity contribution in [2.24, 2.45) is 0 Å². The Kier molecular flexibility index (Phi) is 7.92. The van der Waals surface area contributed by atoms with Gasteiger partial charge in [-0.1, -0.05) is 51.1 Å². The third kappa shape index (κ3) is 6.63. The summed E-state index contributed by atoms with van der Waals surface area (Å²) in [5, 5.41) is 9.31. The van der Waals surface area contributed by atoms with Gasteiger partial charge in [-0.25, -0.2) is 4.79 Å². The minimum absolute atomic E-state index is 0.0967. The van der Waals surface area contributed by atoms with E-state index in [-0.39, 0.29) is 24.8 Å². The van der Waals surface area contributed by atoms with Crippen LogP contribution in [0.15, 0.2) is 30.3 Å². The van der Waals surface area contributed by atoms with Crippen LogP contribution in [-0.4, -0.2) is 50.7 Å². The molecule has 0 aliphatic rings. The van der Waals surface area contributed by atoms with Crippen molar-refractivity contribution in [3.63, 3.8) is 0 Å². The van der Waals surface area contributed by atoms with Gasteiger partial charge in [0.15, 0.2) is 8.32 Å². The van der Waals surface area contributed by atoms with Crippen LogP contribution in [0.4, 0.5) is 4.79 Å². The van der Waals surface area contributed by atoms with Gasteiger partial charge in [-0.05, 0) is 23.7 Å². The molecular formula is C18H31NO4Si. The van der Waals surface area contributed by atoms with E-state index in [0.717, 1.165) is 5.56 Å². The summed E-state index contributed by atoms with van der Waals surface area (Å²) in [5.41, 5.74) is 0.937. The second-order valence-corrected chi connectivity index (χ2v) is 12.2. The fourth-order valence-corrected chi connectivity index (χ4v) is 2.89. The van der Waals surface area contributed by atoms with Gasteiger partial charge >= 0.3 is 6.09 Å². The standard InChI is InChI=1S/C18H31NO4Si/c1-18(2,3)24(4,5)23-14-12-19(11-13-20)17(21)22-15-16-9-7-6-8-10-16/h6-10,20H,11-15H2,1-5H3. The summed E-state index contributed by atoms with van der Waals surface area (Å²) >= 11 is 0. The molecule has 24 heavy (non-hydrogen) atoms. The average molecular weight is 354 g/mol. The summed E-state index contributed by atoms with van der Waals surface area (Å²) < 4.78 is 11.4. The minimum atomic E-state index is -1.84. The largest absolute Gasteiger partial charge is 0.445 e. The Labute approximate surface area is 146 Å². The smallest absolute Gasteiger partial charge is 0.410 e. The summed E-state index contributed by atoms with van der Waals surface area (Å²) in [4.78, 5) is 13.7. The number of amides is 1. The SMILES string of the molecule is CC(C)(C)[Si](C)(C)OCCN(CCO)C(=O)OCc1ccccc1. The summed E-state index contributed by atoms with van der Waals surface area (Å²) in [6.45, 7) is 12.1. The van der Waals surface area contributed by atoms with Crippen LogP contribution in [0.5, 0.6) is 0 Å². The first-order chi connectivity index (χ1) is 11.2. The van der Waals surface area contributed by atoms with Crippen LogP contribution in [0, 0.1) is 0 Å². The molecule has 1 aromatic carbocycles. The maximum absolute atomic E-state index is 12.2. The van der Waals surface area contributed by atoms with Gasteiger partial charge in [0, 0.05) is 13.1 Å². The van der Waals surface area contributed by atoms with Gasteiger partial charge in [0.25, 0.3) is 0 Å². The van der Waals surface area contributed by atoms with Crippen LogP contribution in [0.25, 0.3) is 0 Å². The van der Waals surface area contributed by atoms with Crippen molar-refractivity contribution in [1.82, 2.24) is 4.90 Å². The average Bonchev–Trinajstić information content (AvgIpc) is 2.51. The van der Waals surface area contributed by atoms with Crippen molar-refractivity contribution in [2.45, 2.75) is 45.5 Å². The number of carbonyl (C=O) groups is 1. The van der Waals surface area contributed by atoms with Gasteiger partial charge in [0.05, 0.1) is 13.2 Å². The zero-order valence-corrected chi connectivity index (χ0v) is 16.5. The van der Waals surface area contributed by atoms with Crippen molar-refractivity contribution in [3.8, 4) is 0 Å². The highest BCUT2D eigenvalue weighted by Crippen LogP contribution is 2.36. The number of ether oxygens (including phenoxy) is 1. The topological polar surface area (TPSA) is 59.0 Å². The molecule has 0 radical (unpaired) electrons. The fourth-order valence-electron chi connectivity index (χ4n) is 1.85. The Bertz CT molecular complexity index is 499. The molecular weight excluding hydrogens is 322 g/mol. The molecule has 1 rings (SSSR count). The van der Waals surface area contributed by atoms with Crippen LogP contribution in [0.3, 0.4) is 0 Å². The number of rotatable bonds is 8. The van der Waals surface area contributed by atoms with Crippen molar-refractivity contribution in [2.75, 3.05) is 26.3 Å². The maximum atomic E-state index is 12.2. The molecule has 0 saturated carbocycles. The van der Waals surface area contributed by atoms with Crippen molar-refractivity contribution >= 4 is 14.4 Å². The van der Waals surface area contributed by atoms with E-state index in [2.05, 4.69) is 33.9 Å². The van der Waals surface area contributed by atoms with Crippen molar-refractivity contribution in [3.05, 3.63) is 35.9 Å². The Morgan fingerprint density at radius 3 is 2.33 bits per heavy atom. The number of benzene rings is 1. The van der Waals surface area contributed by atoms with Gasteiger partial charge in [-0.3, -0.25) is 0 Å². The van der Waals surface area contributed by atoms with E-state index in [9.17, 15) is 9.90 Å². The second kappa shape index (κ2) is 9.20. The van der Waals surface area contributed by atoms with Crippen LogP contribution in [-0.2, 0) is 15.8 Å². The molecule has 1 aromatic rings. The zero-order valence-electron chi connectivity index (χ0n) is 15.5. The predicted molar refractivity (Wildman–Crippen MR) is 98.4 cm³/mol. The number of carbonyl (C=O) groups excluding carboxylic acids is 1. The van der Waals surface area contributed by atoms with E-state index < -0.39 is 14.4 Å². The molecule has 0 atom stereocenters. The predicted octanol–water partition coefficient (Wildman–Crippen LogP) is 3.64. The molecule has 0 aliphatic heterocycles. The molecule has 0 fully saturated rings. The van der Waals surface area contributed by atoms with Gasteiger partial charge in [0.1, 0.15) is 6.61 Å². The Morgan fingerprint density at radius 2 is 1.79 bits per heavy atom. The van der Waals surface area contributed by atoms with Crippen molar-refractivity contribution < 1.29 is 19.1 Å². The lowest BCUT2D eigenvalue weighted by molar-refractivity contribution is 0.0816. The van der Waals surface area contributed by atoms with Crippen LogP contribution in [0.1, 0.15) is 26.3 Å². The highest BCUT2D eigenvalue weighted by atomic mass is 28.4. The number of aliphatic hydroxyl groups is 1. The number of hydrogen-bond acceptors (Lipinski definition) is 4. The first-order valence-electron chi connectivity index (χ1n) is 8.38. The van der Waals surface area contributed by atoms with Gasteiger partial charge in [-0.15, -0.1) is 0 Å². The first-order valence-corrected chi connectivity index (χ1v) is 11.3. The van der Waals surface area contributed by atoms with E-state index in [1.54, 1.807) is 0 Å². The van der Waals surface area contributed by atoms with Crippen LogP contribution < -0.4 is 0 Å². The summed E-state index contributed by atoms with van der Waals surface area (Å²) in [7, 11) is -1.84. The van der Waals surface area contributed by atoms with Crippen LogP contribution >= 0.6 is 0 Å². The molecule has 0 spiro atoms. The third-order valence-corrected chi connectivity index (χ3v) is 9.00. The number of nitrogens with zero attached hydrogens (tertiary/aromatic N) is 1. The molecule has 1 amide bonds. The van der Waals surface area contributed by atoms with E-state index in [1.165, 1.54) is 4.90 Å². The molecule has 0 aliphatic carbocycles. The lowest BCUT2D eigenvalue weighted by Crippen LogP contribution is -2.44. The highest BCUT2D eigenvalue weighted by Gasteiger charge is 2.37. The zero-order chi connectivity index (χ0) is 18.2. The second-order valence-electron chi connectivity index (χ2n) is 7.36. The first kappa shape index (κ1) is 20.7. The Morgan fingerprint density at radius 1 is 1.17 bits per heavy atom. The molecule has 1 N–H and O–H groups in total. The Hall–Kier alpha value is -1.37.